The third kappa shape index (κ3) is 3.27. The molecule has 0 N–H and O–H groups in total. The molecule has 0 aliphatic carbocycles. The van der Waals surface area contributed by atoms with Gasteiger partial charge in [-0.05, 0) is 18.6 Å². The lowest BCUT2D eigenvalue weighted by Crippen LogP contribution is -2.49. The Morgan fingerprint density at radius 1 is 1.40 bits per heavy atom. The van der Waals surface area contributed by atoms with Crippen molar-refractivity contribution < 1.29 is 4.79 Å². The molecule has 1 aliphatic rings. The second kappa shape index (κ2) is 6.90. The van der Waals surface area contributed by atoms with Crippen molar-refractivity contribution in [2.24, 2.45) is 0 Å². The molecule has 5 nitrogen and oxygen atoms in total. The van der Waals surface area contributed by atoms with Gasteiger partial charge in [-0.3, -0.25) is 4.79 Å². The third-order valence-electron chi connectivity index (χ3n) is 3.58. The molecule has 0 atom stereocenters. The zero-order valence-corrected chi connectivity index (χ0v) is 11.9. The van der Waals surface area contributed by atoms with E-state index in [1.807, 2.05) is 4.90 Å². The second-order valence-corrected chi connectivity index (χ2v) is 4.96. The quantitative estimate of drug-likeness (QED) is 0.838. The molecule has 20 heavy (non-hydrogen) atoms. The fraction of sp³-hybridized carbons (Fsp3) is 0.533. The topological polar surface area (TPSA) is 60.2 Å². The maximum atomic E-state index is 12.0. The van der Waals surface area contributed by atoms with Gasteiger partial charge < -0.3 is 9.80 Å². The summed E-state index contributed by atoms with van der Waals surface area (Å²) in [6.07, 6.45) is 4.35. The van der Waals surface area contributed by atoms with Crippen LogP contribution in [-0.2, 0) is 4.79 Å². The summed E-state index contributed by atoms with van der Waals surface area (Å²) in [5.41, 5.74) is 0.596. The zero-order valence-electron chi connectivity index (χ0n) is 11.9. The summed E-state index contributed by atoms with van der Waals surface area (Å²) in [5, 5.41) is 9.11. The van der Waals surface area contributed by atoms with Gasteiger partial charge in [-0.1, -0.05) is 13.3 Å². The molecule has 0 spiro atoms. The van der Waals surface area contributed by atoms with Gasteiger partial charge >= 0.3 is 0 Å². The molecule has 1 aliphatic heterocycles. The first-order valence-corrected chi connectivity index (χ1v) is 7.14. The minimum Gasteiger partial charge on any atom is -0.352 e. The molecule has 1 amide bonds. The minimum absolute atomic E-state index is 0.244. The van der Waals surface area contributed by atoms with Crippen molar-refractivity contribution >= 4 is 11.7 Å². The third-order valence-corrected chi connectivity index (χ3v) is 3.58. The first kappa shape index (κ1) is 14.3. The smallest absolute Gasteiger partial charge is 0.222 e. The summed E-state index contributed by atoms with van der Waals surface area (Å²) in [6.45, 7) is 5.00. The van der Waals surface area contributed by atoms with Crippen LogP contribution in [0.5, 0.6) is 0 Å². The van der Waals surface area contributed by atoms with Gasteiger partial charge in [0.15, 0.2) is 0 Å². The van der Waals surface area contributed by atoms with Crippen molar-refractivity contribution in [3.8, 4) is 6.07 Å². The number of hydrogen-bond donors (Lipinski definition) is 0. The summed E-state index contributed by atoms with van der Waals surface area (Å²) in [7, 11) is 0. The number of nitriles is 1. The van der Waals surface area contributed by atoms with Crippen LogP contribution in [0.2, 0.25) is 0 Å². The molecule has 0 radical (unpaired) electrons. The number of piperazine rings is 1. The van der Waals surface area contributed by atoms with Gasteiger partial charge in [0.05, 0.1) is 5.56 Å². The Morgan fingerprint density at radius 3 is 2.80 bits per heavy atom. The van der Waals surface area contributed by atoms with Crippen LogP contribution in [0.4, 0.5) is 5.82 Å². The van der Waals surface area contributed by atoms with Crippen LogP contribution in [0.3, 0.4) is 0 Å². The van der Waals surface area contributed by atoms with Crippen molar-refractivity contribution in [1.29, 1.82) is 5.26 Å². The highest BCUT2D eigenvalue weighted by atomic mass is 16.2. The Balaban J connectivity index is 1.94. The first-order chi connectivity index (χ1) is 9.76. The number of nitrogens with zero attached hydrogens (tertiary/aromatic N) is 4. The lowest BCUT2D eigenvalue weighted by Gasteiger charge is -2.35. The molecule has 2 rings (SSSR count). The SMILES string of the molecule is CCCCC(=O)N1CCN(c2ncccc2C#N)CC1. The first-order valence-electron chi connectivity index (χ1n) is 7.14. The van der Waals surface area contributed by atoms with Crippen molar-refractivity contribution in [2.45, 2.75) is 26.2 Å². The van der Waals surface area contributed by atoms with E-state index >= 15 is 0 Å². The van der Waals surface area contributed by atoms with E-state index in [9.17, 15) is 4.79 Å². The number of carbonyl (C=O) groups excluding carboxylic acids is 1. The summed E-state index contributed by atoms with van der Waals surface area (Å²) >= 11 is 0. The van der Waals surface area contributed by atoms with Crippen LogP contribution in [0.15, 0.2) is 18.3 Å². The number of amides is 1. The predicted molar refractivity (Wildman–Crippen MR) is 77.3 cm³/mol. The Kier molecular flexibility index (Phi) is 4.94. The van der Waals surface area contributed by atoms with E-state index < -0.39 is 0 Å². The van der Waals surface area contributed by atoms with Crippen LogP contribution in [-0.4, -0.2) is 42.0 Å². The van der Waals surface area contributed by atoms with Gasteiger partial charge in [0.2, 0.25) is 5.91 Å². The number of pyridine rings is 1. The molecule has 0 bridgehead atoms. The van der Waals surface area contributed by atoms with Gasteiger partial charge in [0.1, 0.15) is 11.9 Å². The molecule has 1 aromatic heterocycles. The highest BCUT2D eigenvalue weighted by molar-refractivity contribution is 5.76. The Morgan fingerprint density at radius 2 is 2.15 bits per heavy atom. The lowest BCUT2D eigenvalue weighted by atomic mass is 10.2. The van der Waals surface area contributed by atoms with Crippen LogP contribution in [0.1, 0.15) is 31.7 Å². The molecule has 1 fully saturated rings. The van der Waals surface area contributed by atoms with Gasteiger partial charge in [-0.2, -0.15) is 5.26 Å². The minimum atomic E-state index is 0.244. The average molecular weight is 272 g/mol. The van der Waals surface area contributed by atoms with Gasteiger partial charge in [0.25, 0.3) is 0 Å². The highest BCUT2D eigenvalue weighted by Gasteiger charge is 2.22. The second-order valence-electron chi connectivity index (χ2n) is 4.96. The maximum Gasteiger partial charge on any atom is 0.222 e. The summed E-state index contributed by atoms with van der Waals surface area (Å²) in [6, 6.07) is 5.72. The summed E-state index contributed by atoms with van der Waals surface area (Å²) in [4.78, 5) is 20.3. The molecular formula is C15H20N4O. The number of hydrogen-bond acceptors (Lipinski definition) is 4. The fourth-order valence-corrected chi connectivity index (χ4v) is 2.39. The summed E-state index contributed by atoms with van der Waals surface area (Å²) < 4.78 is 0. The molecule has 0 unspecified atom stereocenters. The molecule has 0 saturated carbocycles. The van der Waals surface area contributed by atoms with E-state index in [1.165, 1.54) is 0 Å². The normalized spacial score (nSPS) is 15.0. The van der Waals surface area contributed by atoms with Crippen molar-refractivity contribution in [1.82, 2.24) is 9.88 Å². The van der Waals surface area contributed by atoms with Crippen molar-refractivity contribution in [2.75, 3.05) is 31.1 Å². The Bertz CT molecular complexity index is 501. The van der Waals surface area contributed by atoms with Crippen LogP contribution in [0, 0.1) is 11.3 Å². The van der Waals surface area contributed by atoms with Gasteiger partial charge in [0, 0.05) is 38.8 Å². The lowest BCUT2D eigenvalue weighted by molar-refractivity contribution is -0.131. The number of carbonyl (C=O) groups is 1. The van der Waals surface area contributed by atoms with Crippen LogP contribution >= 0.6 is 0 Å². The average Bonchev–Trinajstić information content (AvgIpc) is 2.52. The number of rotatable bonds is 4. The van der Waals surface area contributed by atoms with Gasteiger partial charge in [-0.15, -0.1) is 0 Å². The van der Waals surface area contributed by atoms with E-state index in [2.05, 4.69) is 22.9 Å². The highest BCUT2D eigenvalue weighted by Crippen LogP contribution is 2.18. The predicted octanol–water partition coefficient (Wildman–Crippen LogP) is 1.79. The van der Waals surface area contributed by atoms with Crippen molar-refractivity contribution in [3.05, 3.63) is 23.9 Å². The maximum absolute atomic E-state index is 12.0. The molecule has 106 valence electrons. The number of unbranched alkanes of at least 4 members (excludes halogenated alkanes) is 1. The van der Waals surface area contributed by atoms with E-state index in [0.29, 0.717) is 25.1 Å². The molecular weight excluding hydrogens is 252 g/mol. The number of aromatic nitrogens is 1. The molecule has 1 saturated heterocycles. The molecule has 5 heteroatoms. The van der Waals surface area contributed by atoms with E-state index in [0.717, 1.165) is 31.7 Å². The molecule has 1 aromatic rings. The largest absolute Gasteiger partial charge is 0.352 e. The molecule has 2 heterocycles. The Labute approximate surface area is 119 Å². The Hall–Kier alpha value is -2.09. The van der Waals surface area contributed by atoms with E-state index in [1.54, 1.807) is 18.3 Å². The van der Waals surface area contributed by atoms with Gasteiger partial charge in [-0.25, -0.2) is 4.98 Å². The van der Waals surface area contributed by atoms with Crippen molar-refractivity contribution in [3.63, 3.8) is 0 Å². The zero-order chi connectivity index (χ0) is 14.4. The van der Waals surface area contributed by atoms with E-state index in [4.69, 9.17) is 5.26 Å². The standard InChI is InChI=1S/C15H20N4O/c1-2-3-6-14(20)18-8-10-19(11-9-18)15-13(12-16)5-4-7-17-15/h4-5,7H,2-3,6,8-11H2,1H3. The van der Waals surface area contributed by atoms with E-state index in [-0.39, 0.29) is 5.91 Å². The number of anilines is 1. The van der Waals surface area contributed by atoms with Crippen LogP contribution in [0.25, 0.3) is 0 Å². The monoisotopic (exact) mass is 272 g/mol. The molecule has 0 aromatic carbocycles. The summed E-state index contributed by atoms with van der Waals surface area (Å²) in [5.74, 6) is 0.976. The fourth-order valence-electron chi connectivity index (χ4n) is 2.39. The van der Waals surface area contributed by atoms with Crippen LogP contribution < -0.4 is 4.90 Å².